The van der Waals surface area contributed by atoms with Crippen LogP contribution in [0.3, 0.4) is 0 Å². The summed E-state index contributed by atoms with van der Waals surface area (Å²) in [6.07, 6.45) is 6.35. The Balaban J connectivity index is 1.35. The van der Waals surface area contributed by atoms with Crippen molar-refractivity contribution in [1.29, 1.82) is 0 Å². The monoisotopic (exact) mass is 365 g/mol. The average molecular weight is 365 g/mol. The molecule has 1 aliphatic carbocycles. The molecule has 1 heterocycles. The molecule has 2 unspecified atom stereocenters. The normalized spacial score (nSPS) is 23.1. The highest BCUT2D eigenvalue weighted by Crippen LogP contribution is 2.53. The molecule has 2 aliphatic rings. The summed E-state index contributed by atoms with van der Waals surface area (Å²) in [5, 5.41) is 0. The van der Waals surface area contributed by atoms with E-state index in [1.807, 2.05) is 18.2 Å². The molecule has 0 spiro atoms. The molecule has 2 aromatic carbocycles. The van der Waals surface area contributed by atoms with Crippen LogP contribution < -0.4 is 9.47 Å². The molecule has 1 fully saturated rings. The van der Waals surface area contributed by atoms with E-state index in [1.54, 1.807) is 24.1 Å². The summed E-state index contributed by atoms with van der Waals surface area (Å²) in [5.41, 5.74) is 1.28. The van der Waals surface area contributed by atoms with Crippen molar-refractivity contribution in [3.63, 3.8) is 0 Å². The Bertz CT molecular complexity index is 791. The number of rotatable bonds is 5. The number of para-hydroxylation sites is 2. The fraction of sp³-hybridized carbons (Fsp3) is 0.435. The van der Waals surface area contributed by atoms with E-state index in [1.165, 1.54) is 24.8 Å². The van der Waals surface area contributed by atoms with Gasteiger partial charge in [-0.15, -0.1) is 0 Å². The van der Waals surface area contributed by atoms with Crippen molar-refractivity contribution in [3.8, 4) is 11.5 Å². The topological polar surface area (TPSA) is 38.8 Å². The van der Waals surface area contributed by atoms with Gasteiger partial charge in [-0.1, -0.05) is 42.8 Å². The highest BCUT2D eigenvalue weighted by atomic mass is 16.6. The van der Waals surface area contributed by atoms with Gasteiger partial charge in [0.2, 0.25) is 0 Å². The molecule has 4 nitrogen and oxygen atoms in total. The first kappa shape index (κ1) is 17.9. The van der Waals surface area contributed by atoms with Crippen LogP contribution in [-0.4, -0.2) is 30.2 Å². The Morgan fingerprint density at radius 2 is 1.93 bits per heavy atom. The summed E-state index contributed by atoms with van der Waals surface area (Å²) < 4.78 is 11.9. The van der Waals surface area contributed by atoms with Crippen molar-refractivity contribution in [3.05, 3.63) is 60.2 Å². The molecule has 1 amide bonds. The third-order valence-electron chi connectivity index (χ3n) is 5.94. The molecule has 0 bridgehead atoms. The zero-order chi connectivity index (χ0) is 18.7. The van der Waals surface area contributed by atoms with Crippen LogP contribution in [0.5, 0.6) is 11.5 Å². The predicted molar refractivity (Wildman–Crippen MR) is 105 cm³/mol. The van der Waals surface area contributed by atoms with E-state index in [9.17, 15) is 4.79 Å². The van der Waals surface area contributed by atoms with E-state index in [-0.39, 0.29) is 11.7 Å². The van der Waals surface area contributed by atoms with Gasteiger partial charge in [-0.2, -0.15) is 0 Å². The van der Waals surface area contributed by atoms with Crippen LogP contribution in [0.15, 0.2) is 54.6 Å². The minimum atomic E-state index is -0.311. The molecular weight excluding hydrogens is 338 g/mol. The zero-order valence-electron chi connectivity index (χ0n) is 15.9. The Labute approximate surface area is 161 Å². The van der Waals surface area contributed by atoms with Crippen molar-refractivity contribution in [2.45, 2.75) is 50.0 Å². The van der Waals surface area contributed by atoms with Crippen molar-refractivity contribution in [1.82, 2.24) is 4.90 Å². The van der Waals surface area contributed by atoms with Gasteiger partial charge < -0.3 is 14.4 Å². The van der Waals surface area contributed by atoms with Crippen molar-refractivity contribution in [2.24, 2.45) is 0 Å². The van der Waals surface area contributed by atoms with Crippen LogP contribution in [-0.2, 0) is 0 Å². The van der Waals surface area contributed by atoms with E-state index in [4.69, 9.17) is 9.47 Å². The van der Waals surface area contributed by atoms with Gasteiger partial charge in [0.1, 0.15) is 17.1 Å². The summed E-state index contributed by atoms with van der Waals surface area (Å²) in [6.45, 7) is 0.667. The van der Waals surface area contributed by atoms with Crippen LogP contribution in [0, 0.1) is 0 Å². The van der Waals surface area contributed by atoms with Crippen LogP contribution >= 0.6 is 0 Å². The van der Waals surface area contributed by atoms with Crippen molar-refractivity contribution >= 4 is 6.09 Å². The number of amides is 1. The second kappa shape index (κ2) is 7.63. The SMILES string of the molecule is CN(CCCC12CCCCC1c1ccccc1O2)C(=O)Oc1ccccc1. The second-order valence-electron chi connectivity index (χ2n) is 7.71. The smallest absolute Gasteiger partial charge is 0.414 e. The van der Waals surface area contributed by atoms with Crippen LogP contribution in [0.4, 0.5) is 4.79 Å². The Hall–Kier alpha value is -2.49. The molecule has 0 aromatic heterocycles. The summed E-state index contributed by atoms with van der Waals surface area (Å²) in [4.78, 5) is 13.9. The average Bonchev–Trinajstić information content (AvgIpc) is 3.03. The molecule has 2 atom stereocenters. The number of hydrogen-bond donors (Lipinski definition) is 0. The number of ether oxygens (including phenoxy) is 2. The quantitative estimate of drug-likeness (QED) is 0.713. The van der Waals surface area contributed by atoms with Crippen LogP contribution in [0.25, 0.3) is 0 Å². The third-order valence-corrected chi connectivity index (χ3v) is 5.94. The standard InChI is InChI=1S/C23H27NO3/c1-24(22(25)26-18-10-3-2-4-11-18)17-9-16-23-15-8-7-13-20(23)19-12-5-6-14-21(19)27-23/h2-6,10-12,14,20H,7-9,13,15-17H2,1H3. The maximum absolute atomic E-state index is 12.3. The van der Waals surface area contributed by atoms with E-state index in [0.717, 1.165) is 25.0 Å². The van der Waals surface area contributed by atoms with Gasteiger partial charge in [-0.3, -0.25) is 0 Å². The highest BCUT2D eigenvalue weighted by Gasteiger charge is 2.48. The molecule has 0 radical (unpaired) electrons. The zero-order valence-corrected chi connectivity index (χ0v) is 15.9. The molecule has 0 saturated heterocycles. The summed E-state index contributed by atoms with van der Waals surface area (Å²) in [6, 6.07) is 17.7. The van der Waals surface area contributed by atoms with Gasteiger partial charge in [0.05, 0.1) is 0 Å². The number of carbonyl (C=O) groups is 1. The maximum Gasteiger partial charge on any atom is 0.414 e. The summed E-state index contributed by atoms with van der Waals surface area (Å²) in [5.74, 6) is 2.13. The fourth-order valence-electron chi connectivity index (χ4n) is 4.58. The molecule has 4 rings (SSSR count). The number of benzene rings is 2. The van der Waals surface area contributed by atoms with Gasteiger partial charge in [-0.25, -0.2) is 4.79 Å². The molecule has 2 aromatic rings. The lowest BCUT2D eigenvalue weighted by atomic mass is 9.71. The lowest BCUT2D eigenvalue weighted by Crippen LogP contribution is -2.41. The molecular formula is C23H27NO3. The lowest BCUT2D eigenvalue weighted by molar-refractivity contribution is 0.0236. The van der Waals surface area contributed by atoms with Crippen molar-refractivity contribution < 1.29 is 14.3 Å². The Kier molecular flexibility index (Phi) is 5.06. The maximum atomic E-state index is 12.3. The number of fused-ring (bicyclic) bond motifs is 3. The van der Waals surface area contributed by atoms with Gasteiger partial charge >= 0.3 is 6.09 Å². The first-order chi connectivity index (χ1) is 13.2. The largest absolute Gasteiger partial charge is 0.486 e. The van der Waals surface area contributed by atoms with E-state index >= 15 is 0 Å². The van der Waals surface area contributed by atoms with E-state index in [2.05, 4.69) is 24.3 Å². The van der Waals surface area contributed by atoms with Crippen LogP contribution in [0.2, 0.25) is 0 Å². The predicted octanol–water partition coefficient (Wildman–Crippen LogP) is 5.39. The number of carbonyl (C=O) groups excluding carboxylic acids is 1. The lowest BCUT2D eigenvalue weighted by Gasteiger charge is -2.39. The molecule has 0 N–H and O–H groups in total. The summed E-state index contributed by atoms with van der Waals surface area (Å²) in [7, 11) is 1.80. The van der Waals surface area contributed by atoms with E-state index < -0.39 is 0 Å². The van der Waals surface area contributed by atoms with Gasteiger partial charge in [0.15, 0.2) is 0 Å². The Morgan fingerprint density at radius 3 is 2.78 bits per heavy atom. The molecule has 1 aliphatic heterocycles. The second-order valence-corrected chi connectivity index (χ2v) is 7.71. The molecule has 1 saturated carbocycles. The highest BCUT2D eigenvalue weighted by molar-refractivity contribution is 5.70. The van der Waals surface area contributed by atoms with Gasteiger partial charge in [-0.05, 0) is 50.3 Å². The fourth-order valence-corrected chi connectivity index (χ4v) is 4.58. The minimum absolute atomic E-state index is 0.0912. The third kappa shape index (κ3) is 3.66. The van der Waals surface area contributed by atoms with Gasteiger partial charge in [0.25, 0.3) is 0 Å². The van der Waals surface area contributed by atoms with Crippen LogP contribution in [0.1, 0.15) is 50.0 Å². The first-order valence-electron chi connectivity index (χ1n) is 9.94. The van der Waals surface area contributed by atoms with E-state index in [0.29, 0.717) is 18.2 Å². The van der Waals surface area contributed by atoms with Crippen molar-refractivity contribution in [2.75, 3.05) is 13.6 Å². The Morgan fingerprint density at radius 1 is 1.15 bits per heavy atom. The first-order valence-corrected chi connectivity index (χ1v) is 9.94. The minimum Gasteiger partial charge on any atom is -0.486 e. The summed E-state index contributed by atoms with van der Waals surface area (Å²) >= 11 is 0. The molecule has 27 heavy (non-hydrogen) atoms. The van der Waals surface area contributed by atoms with Gasteiger partial charge in [0, 0.05) is 25.1 Å². The number of nitrogens with zero attached hydrogens (tertiary/aromatic N) is 1. The number of hydrogen-bond acceptors (Lipinski definition) is 3. The molecule has 142 valence electrons. The molecule has 4 heteroatoms.